The van der Waals surface area contributed by atoms with Crippen molar-refractivity contribution in [1.29, 1.82) is 0 Å². The van der Waals surface area contributed by atoms with Crippen LogP contribution in [-0.2, 0) is 25.9 Å². The Bertz CT molecular complexity index is 1470. The topological polar surface area (TPSA) is 9.23 Å². The van der Waals surface area contributed by atoms with E-state index in [0.29, 0.717) is 36.1 Å². The van der Waals surface area contributed by atoms with E-state index in [9.17, 15) is 35.1 Å². The first-order valence-corrected chi connectivity index (χ1v) is 12.1. The van der Waals surface area contributed by atoms with Crippen molar-refractivity contribution in [2.45, 2.75) is 39.2 Å². The van der Waals surface area contributed by atoms with Crippen LogP contribution in [0.25, 0.3) is 11.1 Å². The van der Waals surface area contributed by atoms with Gasteiger partial charge in [0.2, 0.25) is 0 Å². The summed E-state index contributed by atoms with van der Waals surface area (Å²) < 4.78 is 118. The van der Waals surface area contributed by atoms with Gasteiger partial charge in [-0.05, 0) is 77.4 Å². The third-order valence-electron chi connectivity index (χ3n) is 6.21. The van der Waals surface area contributed by atoms with Gasteiger partial charge < -0.3 is 4.74 Å². The van der Waals surface area contributed by atoms with Crippen LogP contribution in [0, 0.1) is 46.5 Å². The van der Waals surface area contributed by atoms with E-state index >= 15 is 0 Å². The second-order valence-electron chi connectivity index (χ2n) is 9.01. The molecule has 0 atom stereocenters. The van der Waals surface area contributed by atoms with Crippen LogP contribution in [0.4, 0.5) is 35.1 Å². The number of rotatable bonds is 9. The van der Waals surface area contributed by atoms with Crippen molar-refractivity contribution in [3.8, 4) is 16.9 Å². The zero-order chi connectivity index (χ0) is 28.3. The fourth-order valence-electron chi connectivity index (χ4n) is 4.21. The van der Waals surface area contributed by atoms with Gasteiger partial charge >= 0.3 is 0 Å². The van der Waals surface area contributed by atoms with E-state index in [-0.39, 0.29) is 35.1 Å². The molecule has 0 aliphatic heterocycles. The van der Waals surface area contributed by atoms with E-state index in [2.05, 4.69) is 0 Å². The molecule has 0 saturated carbocycles. The average molecular weight is 550 g/mol. The number of ether oxygens (including phenoxy) is 1. The third-order valence-corrected chi connectivity index (χ3v) is 6.21. The van der Waals surface area contributed by atoms with Gasteiger partial charge in [-0.3, -0.25) is 0 Å². The molecule has 0 aliphatic rings. The maximum absolute atomic E-state index is 14.9. The van der Waals surface area contributed by atoms with Gasteiger partial charge in [0.1, 0.15) is 12.4 Å². The molecule has 4 aromatic carbocycles. The van der Waals surface area contributed by atoms with Crippen molar-refractivity contribution in [1.82, 2.24) is 0 Å². The Morgan fingerprint density at radius 2 is 1.10 bits per heavy atom. The minimum Gasteiger partial charge on any atom is -0.483 e. The Balaban J connectivity index is 1.48. The normalized spacial score (nSPS) is 11.2. The molecule has 39 heavy (non-hydrogen) atoms. The van der Waals surface area contributed by atoms with E-state index in [1.807, 2.05) is 6.92 Å². The lowest BCUT2D eigenvalue weighted by Gasteiger charge is -2.12. The summed E-state index contributed by atoms with van der Waals surface area (Å²) in [6.45, 7) is 1.20. The Morgan fingerprint density at radius 3 is 1.67 bits per heavy atom. The highest BCUT2D eigenvalue weighted by Gasteiger charge is 2.18. The summed E-state index contributed by atoms with van der Waals surface area (Å²) >= 11 is 0. The maximum atomic E-state index is 14.9. The first-order chi connectivity index (χ1) is 18.6. The molecule has 0 saturated heterocycles. The van der Waals surface area contributed by atoms with Crippen LogP contribution in [0.5, 0.6) is 5.75 Å². The Labute approximate surface area is 219 Å². The lowest BCUT2D eigenvalue weighted by Crippen LogP contribution is -2.03. The Morgan fingerprint density at radius 1 is 0.538 bits per heavy atom. The quantitative estimate of drug-likeness (QED) is 0.150. The molecule has 9 heteroatoms. The predicted octanol–water partition coefficient (Wildman–Crippen LogP) is 8.78. The summed E-state index contributed by atoms with van der Waals surface area (Å²) in [5.74, 6) is -10.5. The van der Waals surface area contributed by atoms with Crippen molar-refractivity contribution < 1.29 is 39.9 Å². The fraction of sp³-hybridized carbons (Fsp3) is 0.200. The molecule has 0 bridgehead atoms. The average Bonchev–Trinajstić information content (AvgIpc) is 2.89. The lowest BCUT2D eigenvalue weighted by molar-refractivity contribution is 0.272. The van der Waals surface area contributed by atoms with Gasteiger partial charge in [-0.2, -0.15) is 0 Å². The summed E-state index contributed by atoms with van der Waals surface area (Å²) in [4.78, 5) is 0. The van der Waals surface area contributed by atoms with E-state index in [1.54, 1.807) is 0 Å². The van der Waals surface area contributed by atoms with E-state index < -0.39 is 58.9 Å². The number of halogens is 8. The summed E-state index contributed by atoms with van der Waals surface area (Å²) in [7, 11) is 0. The van der Waals surface area contributed by atoms with Crippen molar-refractivity contribution >= 4 is 0 Å². The van der Waals surface area contributed by atoms with Gasteiger partial charge in [-0.15, -0.1) is 0 Å². The molecule has 0 N–H and O–H groups in total. The first-order valence-electron chi connectivity index (χ1n) is 12.1. The summed E-state index contributed by atoms with van der Waals surface area (Å²) in [5, 5.41) is 0. The van der Waals surface area contributed by atoms with Gasteiger partial charge in [0.15, 0.2) is 46.5 Å². The second kappa shape index (κ2) is 11.9. The van der Waals surface area contributed by atoms with Crippen LogP contribution in [-0.4, -0.2) is 0 Å². The molecule has 204 valence electrons. The molecule has 0 amide bonds. The number of aryl methyl sites for hydroxylation is 3. The minimum absolute atomic E-state index is 0.116. The Kier molecular flexibility index (Phi) is 8.57. The van der Waals surface area contributed by atoms with Crippen molar-refractivity contribution in [2.75, 3.05) is 0 Å². The zero-order valence-corrected chi connectivity index (χ0v) is 20.7. The molecule has 0 aliphatic carbocycles. The van der Waals surface area contributed by atoms with E-state index in [4.69, 9.17) is 4.74 Å². The highest BCUT2D eigenvalue weighted by Crippen LogP contribution is 2.32. The summed E-state index contributed by atoms with van der Waals surface area (Å²) in [6, 6.07) is 9.93. The maximum Gasteiger partial charge on any atom is 0.194 e. The van der Waals surface area contributed by atoms with Gasteiger partial charge in [0, 0.05) is 5.56 Å². The van der Waals surface area contributed by atoms with Crippen LogP contribution in [0.15, 0.2) is 54.6 Å². The molecule has 4 aromatic rings. The Hall–Kier alpha value is -3.88. The van der Waals surface area contributed by atoms with Crippen molar-refractivity contribution in [3.63, 3.8) is 0 Å². The van der Waals surface area contributed by atoms with Gasteiger partial charge in [0.25, 0.3) is 0 Å². The number of hydrogen-bond acceptors (Lipinski definition) is 1. The molecule has 0 heterocycles. The first kappa shape index (κ1) is 28.1. The predicted molar refractivity (Wildman–Crippen MR) is 130 cm³/mol. The van der Waals surface area contributed by atoms with Crippen LogP contribution in [0.2, 0.25) is 0 Å². The largest absolute Gasteiger partial charge is 0.483 e. The van der Waals surface area contributed by atoms with E-state index in [1.165, 1.54) is 24.3 Å². The SMILES string of the molecule is CCCc1ccc(CCc2ccc(-c3cc(F)c(OCc4cc(F)c(F)c(F)c4)c(F)c3)c(F)c2)c(F)c1F. The standard InChI is InChI=1S/C30H22F8O/c1-2-3-18-7-8-19(28(37)27(18)36)6-4-16-5-9-21(22(31)10-16)20-13-25(34)30(26(35)14-20)39-15-17-11-23(32)29(38)24(33)12-17/h5,7-14H,2-4,6,15H2,1H3. The van der Waals surface area contributed by atoms with Gasteiger partial charge in [-0.1, -0.05) is 37.6 Å². The van der Waals surface area contributed by atoms with Crippen LogP contribution < -0.4 is 4.74 Å². The van der Waals surface area contributed by atoms with Gasteiger partial charge in [-0.25, -0.2) is 35.1 Å². The second-order valence-corrected chi connectivity index (χ2v) is 9.01. The van der Waals surface area contributed by atoms with Gasteiger partial charge in [0.05, 0.1) is 0 Å². The van der Waals surface area contributed by atoms with Crippen LogP contribution in [0.3, 0.4) is 0 Å². The van der Waals surface area contributed by atoms with Crippen molar-refractivity contribution in [2.24, 2.45) is 0 Å². The van der Waals surface area contributed by atoms with Crippen LogP contribution in [0.1, 0.15) is 35.6 Å². The molecular formula is C30H22F8O. The molecule has 0 aromatic heterocycles. The number of benzene rings is 4. The monoisotopic (exact) mass is 550 g/mol. The lowest BCUT2D eigenvalue weighted by atomic mass is 9.98. The van der Waals surface area contributed by atoms with E-state index in [0.717, 1.165) is 18.2 Å². The highest BCUT2D eigenvalue weighted by molar-refractivity contribution is 5.66. The smallest absolute Gasteiger partial charge is 0.194 e. The highest BCUT2D eigenvalue weighted by atomic mass is 19.2. The molecule has 0 radical (unpaired) electrons. The molecule has 0 unspecified atom stereocenters. The number of hydrogen-bond donors (Lipinski definition) is 0. The molecular weight excluding hydrogens is 528 g/mol. The fourth-order valence-corrected chi connectivity index (χ4v) is 4.21. The summed E-state index contributed by atoms with van der Waals surface area (Å²) in [6.07, 6.45) is 1.40. The minimum atomic E-state index is -1.68. The molecule has 4 rings (SSSR count). The third kappa shape index (κ3) is 6.24. The molecule has 0 spiro atoms. The molecule has 1 nitrogen and oxygen atoms in total. The summed E-state index contributed by atoms with van der Waals surface area (Å²) in [5.41, 5.74) is 0.460. The van der Waals surface area contributed by atoms with Crippen molar-refractivity contribution in [3.05, 3.63) is 123 Å². The zero-order valence-electron chi connectivity index (χ0n) is 20.7. The molecule has 0 fully saturated rings. The van der Waals surface area contributed by atoms with Crippen LogP contribution >= 0.6 is 0 Å².